The summed E-state index contributed by atoms with van der Waals surface area (Å²) in [5, 5.41) is 8.87. The summed E-state index contributed by atoms with van der Waals surface area (Å²) in [6, 6.07) is 16.1. The van der Waals surface area contributed by atoms with Crippen LogP contribution in [0.1, 0.15) is 46.8 Å². The first kappa shape index (κ1) is 18.6. The lowest BCUT2D eigenvalue weighted by molar-refractivity contribution is 0.0224. The maximum Gasteiger partial charge on any atom is 0.255 e. The summed E-state index contributed by atoms with van der Waals surface area (Å²) in [5.74, 6) is 0.584. The number of piperidine rings is 2. The molecule has 2 saturated heterocycles. The smallest absolute Gasteiger partial charge is 0.255 e. The van der Waals surface area contributed by atoms with E-state index < -0.39 is 0 Å². The third-order valence-electron chi connectivity index (χ3n) is 6.32. The van der Waals surface area contributed by atoms with Gasteiger partial charge in [-0.05, 0) is 55.3 Å². The molecule has 5 heteroatoms. The fourth-order valence-corrected chi connectivity index (χ4v) is 4.93. The van der Waals surface area contributed by atoms with Crippen LogP contribution < -0.4 is 0 Å². The highest BCUT2D eigenvalue weighted by Crippen LogP contribution is 2.44. The molecule has 4 rings (SSSR count). The number of nitriles is 1. The zero-order chi connectivity index (χ0) is 19.6. The summed E-state index contributed by atoms with van der Waals surface area (Å²) in [6.07, 6.45) is 4.79. The van der Waals surface area contributed by atoms with Gasteiger partial charge in [0, 0.05) is 32.4 Å². The Labute approximate surface area is 166 Å². The van der Waals surface area contributed by atoms with E-state index in [9.17, 15) is 4.79 Å². The average molecular weight is 374 g/mol. The molecule has 2 aliphatic heterocycles. The normalized spacial score (nSPS) is 22.0. The predicted molar refractivity (Wildman–Crippen MR) is 108 cm³/mol. The van der Waals surface area contributed by atoms with Gasteiger partial charge in [-0.15, -0.1) is 0 Å². The molecule has 144 valence electrons. The third-order valence-corrected chi connectivity index (χ3v) is 6.32. The molecule has 0 aliphatic carbocycles. The van der Waals surface area contributed by atoms with E-state index in [2.05, 4.69) is 47.3 Å². The van der Waals surface area contributed by atoms with E-state index in [-0.39, 0.29) is 11.3 Å². The van der Waals surface area contributed by atoms with Crippen LogP contribution in [-0.4, -0.2) is 53.9 Å². The maximum absolute atomic E-state index is 12.8. The zero-order valence-electron chi connectivity index (χ0n) is 16.3. The van der Waals surface area contributed by atoms with Gasteiger partial charge >= 0.3 is 0 Å². The van der Waals surface area contributed by atoms with Crippen molar-refractivity contribution in [3.8, 4) is 6.07 Å². The van der Waals surface area contributed by atoms with E-state index in [4.69, 9.17) is 5.26 Å². The third kappa shape index (κ3) is 3.79. The maximum atomic E-state index is 12.8. The molecule has 0 unspecified atom stereocenters. The Hall–Kier alpha value is -2.71. The van der Waals surface area contributed by atoms with Crippen LogP contribution in [0.25, 0.3) is 0 Å². The van der Waals surface area contributed by atoms with Crippen LogP contribution in [0, 0.1) is 16.7 Å². The Morgan fingerprint density at radius 1 is 1.18 bits per heavy atom. The number of likely N-dealkylation sites (tertiary alicyclic amines) is 2. The number of aromatic nitrogens is 1. The molecular formula is C23H26N4O. The van der Waals surface area contributed by atoms with Gasteiger partial charge in [0.1, 0.15) is 11.8 Å². The minimum Gasteiger partial charge on any atom is -0.339 e. The Bertz CT molecular complexity index is 864. The molecule has 28 heavy (non-hydrogen) atoms. The quantitative estimate of drug-likeness (QED) is 0.809. The van der Waals surface area contributed by atoms with Crippen molar-refractivity contribution in [2.24, 2.45) is 5.41 Å². The monoisotopic (exact) mass is 374 g/mol. The molecule has 2 aliphatic rings. The second-order valence-corrected chi connectivity index (χ2v) is 8.34. The van der Waals surface area contributed by atoms with Gasteiger partial charge < -0.3 is 9.80 Å². The molecule has 1 amide bonds. The molecule has 1 atom stereocenters. The van der Waals surface area contributed by atoms with Crippen molar-refractivity contribution in [1.29, 1.82) is 5.26 Å². The van der Waals surface area contributed by atoms with Crippen molar-refractivity contribution in [3.05, 3.63) is 65.5 Å². The van der Waals surface area contributed by atoms with E-state index in [1.165, 1.54) is 18.2 Å². The number of hydrogen-bond donors (Lipinski definition) is 0. The van der Waals surface area contributed by atoms with Crippen molar-refractivity contribution in [3.63, 3.8) is 0 Å². The first-order valence-corrected chi connectivity index (χ1v) is 9.97. The highest BCUT2D eigenvalue weighted by atomic mass is 16.2. The average Bonchev–Trinajstić information content (AvgIpc) is 2.74. The number of carbonyl (C=O) groups is 1. The lowest BCUT2D eigenvalue weighted by atomic mass is 9.68. The Balaban J connectivity index is 1.43. The van der Waals surface area contributed by atoms with Gasteiger partial charge in [-0.1, -0.05) is 30.3 Å². The fourth-order valence-electron chi connectivity index (χ4n) is 4.93. The first-order chi connectivity index (χ1) is 13.6. The van der Waals surface area contributed by atoms with Crippen molar-refractivity contribution in [1.82, 2.24) is 14.8 Å². The van der Waals surface area contributed by atoms with Crippen molar-refractivity contribution in [2.75, 3.05) is 33.2 Å². The second kappa shape index (κ2) is 7.73. The Morgan fingerprint density at radius 2 is 1.93 bits per heavy atom. The molecule has 5 nitrogen and oxygen atoms in total. The number of hydrogen-bond acceptors (Lipinski definition) is 4. The lowest BCUT2D eigenvalue weighted by Crippen LogP contribution is -2.51. The molecule has 2 aromatic rings. The highest BCUT2D eigenvalue weighted by Gasteiger charge is 2.42. The summed E-state index contributed by atoms with van der Waals surface area (Å²) >= 11 is 0. The number of amides is 1. The molecule has 0 radical (unpaired) electrons. The standard InChI is InChI=1S/C23H26N4O/c1-26-16-20(18-5-3-2-4-6-18)13-23(17-26)9-11-27(12-10-23)22(28)19-7-8-21(14-24)25-15-19/h2-8,15,20H,9-13,16-17H2,1H3/t20-/m1/s1. The summed E-state index contributed by atoms with van der Waals surface area (Å²) in [7, 11) is 2.22. The first-order valence-electron chi connectivity index (χ1n) is 9.97. The fraction of sp³-hybridized carbons (Fsp3) is 0.435. The number of pyridine rings is 1. The summed E-state index contributed by atoms with van der Waals surface area (Å²) in [4.78, 5) is 21.3. The van der Waals surface area contributed by atoms with Crippen LogP contribution in [0.2, 0.25) is 0 Å². The number of benzene rings is 1. The topological polar surface area (TPSA) is 60.2 Å². The van der Waals surface area contributed by atoms with Gasteiger partial charge in [-0.25, -0.2) is 4.98 Å². The summed E-state index contributed by atoms with van der Waals surface area (Å²) < 4.78 is 0. The zero-order valence-corrected chi connectivity index (χ0v) is 16.3. The molecule has 0 N–H and O–H groups in total. The van der Waals surface area contributed by atoms with E-state index in [1.807, 2.05) is 11.0 Å². The Kier molecular flexibility index (Phi) is 5.15. The van der Waals surface area contributed by atoms with Crippen molar-refractivity contribution >= 4 is 5.91 Å². The van der Waals surface area contributed by atoms with Gasteiger partial charge in [0.25, 0.3) is 5.91 Å². The molecule has 1 aromatic heterocycles. The summed E-state index contributed by atoms with van der Waals surface area (Å²) in [5.41, 5.74) is 2.62. The van der Waals surface area contributed by atoms with Crippen LogP contribution in [0.4, 0.5) is 0 Å². The predicted octanol–water partition coefficient (Wildman–Crippen LogP) is 3.29. The SMILES string of the molecule is CN1C[C@H](c2ccccc2)CC2(CCN(C(=O)c3ccc(C#N)nc3)CC2)C1. The van der Waals surface area contributed by atoms with E-state index >= 15 is 0 Å². The minimum atomic E-state index is 0.0237. The van der Waals surface area contributed by atoms with Crippen LogP contribution in [0.5, 0.6) is 0 Å². The lowest BCUT2D eigenvalue weighted by Gasteiger charge is -2.49. The molecule has 0 bridgehead atoms. The van der Waals surface area contributed by atoms with Gasteiger partial charge in [-0.2, -0.15) is 5.26 Å². The van der Waals surface area contributed by atoms with Crippen molar-refractivity contribution in [2.45, 2.75) is 25.2 Å². The molecular weight excluding hydrogens is 348 g/mol. The van der Waals surface area contributed by atoms with Gasteiger partial charge in [-0.3, -0.25) is 4.79 Å². The van der Waals surface area contributed by atoms with Crippen LogP contribution >= 0.6 is 0 Å². The second-order valence-electron chi connectivity index (χ2n) is 8.34. The molecule has 3 heterocycles. The summed E-state index contributed by atoms with van der Waals surface area (Å²) in [6.45, 7) is 3.78. The molecule has 1 spiro atoms. The minimum absolute atomic E-state index is 0.0237. The number of nitrogens with zero attached hydrogens (tertiary/aromatic N) is 4. The van der Waals surface area contributed by atoms with Gasteiger partial charge in [0.05, 0.1) is 5.56 Å². The van der Waals surface area contributed by atoms with Crippen LogP contribution in [0.3, 0.4) is 0 Å². The number of likely N-dealkylation sites (N-methyl/N-ethyl adjacent to an activating group) is 1. The molecule has 0 saturated carbocycles. The molecule has 2 fully saturated rings. The van der Waals surface area contributed by atoms with Gasteiger partial charge in [0.2, 0.25) is 0 Å². The molecule has 1 aromatic carbocycles. The number of carbonyl (C=O) groups excluding carboxylic acids is 1. The van der Waals surface area contributed by atoms with E-state index in [1.54, 1.807) is 12.1 Å². The highest BCUT2D eigenvalue weighted by molar-refractivity contribution is 5.94. The van der Waals surface area contributed by atoms with Gasteiger partial charge in [0.15, 0.2) is 0 Å². The van der Waals surface area contributed by atoms with Crippen molar-refractivity contribution < 1.29 is 4.79 Å². The Morgan fingerprint density at radius 3 is 2.57 bits per heavy atom. The van der Waals surface area contributed by atoms with Crippen LogP contribution in [-0.2, 0) is 0 Å². The number of rotatable bonds is 2. The van der Waals surface area contributed by atoms with E-state index in [0.717, 1.165) is 39.0 Å². The van der Waals surface area contributed by atoms with Crippen LogP contribution in [0.15, 0.2) is 48.7 Å². The van der Waals surface area contributed by atoms with E-state index in [0.29, 0.717) is 17.2 Å². The largest absolute Gasteiger partial charge is 0.339 e.